The van der Waals surface area contributed by atoms with Gasteiger partial charge in [-0.15, -0.1) is 6.58 Å². The maximum atomic E-state index is 11.1. The third-order valence-electron chi connectivity index (χ3n) is 7.33. The molecule has 1 heterocycles. The van der Waals surface area contributed by atoms with Crippen LogP contribution in [0.1, 0.15) is 57.4 Å². The number of rotatable bonds is 3. The second kappa shape index (κ2) is 5.19. The zero-order valence-electron chi connectivity index (χ0n) is 14.1. The quantitative estimate of drug-likeness (QED) is 0.828. The highest BCUT2D eigenvalue weighted by Gasteiger charge is 2.70. The first kappa shape index (κ1) is 15.4. The standard InChI is InChI=1S/C21H28O2/c1-3-19(2,16-10-5-4-6-11-16)21-15-9-14-20(23-18(21)22)13-8-7-12-17(20)21/h3-6,10-11,17-18,22H,1,7-9,12-15H2,2H3/t17?,18?,19-,20?,21?/m1/s1. The van der Waals surface area contributed by atoms with Gasteiger partial charge in [-0.25, -0.2) is 0 Å². The second-order valence-corrected chi connectivity index (χ2v) is 8.00. The molecule has 2 heteroatoms. The second-order valence-electron chi connectivity index (χ2n) is 8.00. The highest BCUT2D eigenvalue weighted by molar-refractivity contribution is 5.36. The van der Waals surface area contributed by atoms with Crippen molar-refractivity contribution < 1.29 is 9.84 Å². The van der Waals surface area contributed by atoms with Gasteiger partial charge in [0.15, 0.2) is 6.29 Å². The molecule has 1 N–H and O–H groups in total. The molecular weight excluding hydrogens is 284 g/mol. The van der Waals surface area contributed by atoms with E-state index in [2.05, 4.69) is 49.9 Å². The van der Waals surface area contributed by atoms with Crippen LogP contribution in [0.4, 0.5) is 0 Å². The molecule has 1 aromatic rings. The number of hydrogen-bond donors (Lipinski definition) is 1. The first-order valence-electron chi connectivity index (χ1n) is 9.14. The lowest BCUT2D eigenvalue weighted by atomic mass is 9.47. The molecule has 5 atom stereocenters. The van der Waals surface area contributed by atoms with E-state index >= 15 is 0 Å². The Hall–Kier alpha value is -1.12. The fourth-order valence-corrected chi connectivity index (χ4v) is 6.15. The minimum atomic E-state index is -0.684. The number of allylic oxidation sites excluding steroid dienone is 1. The Labute approximate surface area is 139 Å². The van der Waals surface area contributed by atoms with E-state index < -0.39 is 6.29 Å². The molecule has 0 amide bonds. The van der Waals surface area contributed by atoms with Crippen molar-refractivity contribution in [3.8, 4) is 0 Å². The average Bonchev–Trinajstić information content (AvgIpc) is 2.76. The van der Waals surface area contributed by atoms with Crippen molar-refractivity contribution in [2.45, 2.75) is 69.2 Å². The molecule has 2 nitrogen and oxygen atoms in total. The van der Waals surface area contributed by atoms with Crippen LogP contribution in [0.15, 0.2) is 43.0 Å². The molecule has 4 unspecified atom stereocenters. The van der Waals surface area contributed by atoms with Gasteiger partial charge in [0, 0.05) is 10.8 Å². The van der Waals surface area contributed by atoms with Gasteiger partial charge < -0.3 is 9.84 Å². The van der Waals surface area contributed by atoms with Crippen molar-refractivity contribution in [2.75, 3.05) is 0 Å². The minimum absolute atomic E-state index is 0.0883. The molecule has 4 rings (SSSR count). The van der Waals surface area contributed by atoms with Gasteiger partial charge in [0.05, 0.1) is 5.60 Å². The zero-order chi connectivity index (χ0) is 16.1. The highest BCUT2D eigenvalue weighted by atomic mass is 16.6. The maximum absolute atomic E-state index is 11.1. The van der Waals surface area contributed by atoms with E-state index in [9.17, 15) is 5.11 Å². The summed E-state index contributed by atoms with van der Waals surface area (Å²) in [5, 5.41) is 11.1. The first-order chi connectivity index (χ1) is 11.1. The summed E-state index contributed by atoms with van der Waals surface area (Å²) in [6, 6.07) is 10.6. The Balaban J connectivity index is 1.89. The van der Waals surface area contributed by atoms with Crippen molar-refractivity contribution in [2.24, 2.45) is 11.3 Å². The molecule has 2 bridgehead atoms. The fourth-order valence-electron chi connectivity index (χ4n) is 6.15. The van der Waals surface area contributed by atoms with E-state index in [-0.39, 0.29) is 16.4 Å². The van der Waals surface area contributed by atoms with Gasteiger partial charge in [-0.3, -0.25) is 0 Å². The Morgan fingerprint density at radius 2 is 1.91 bits per heavy atom. The van der Waals surface area contributed by atoms with Crippen LogP contribution in [0, 0.1) is 11.3 Å². The summed E-state index contributed by atoms with van der Waals surface area (Å²) < 4.78 is 6.36. The molecular formula is C21H28O2. The van der Waals surface area contributed by atoms with Crippen LogP contribution in [0.5, 0.6) is 0 Å². The summed E-state index contributed by atoms with van der Waals surface area (Å²) in [6.45, 7) is 6.46. The molecule has 1 aliphatic heterocycles. The molecule has 2 saturated carbocycles. The minimum Gasteiger partial charge on any atom is -0.367 e. The summed E-state index contributed by atoms with van der Waals surface area (Å²) in [4.78, 5) is 0. The van der Waals surface area contributed by atoms with Gasteiger partial charge in [-0.05, 0) is 43.6 Å². The van der Waals surface area contributed by atoms with E-state index in [0.717, 1.165) is 25.7 Å². The van der Waals surface area contributed by atoms with E-state index in [1.54, 1.807) is 0 Å². The summed E-state index contributed by atoms with van der Waals surface area (Å²) in [5.74, 6) is 0.440. The summed E-state index contributed by atoms with van der Waals surface area (Å²) >= 11 is 0. The Morgan fingerprint density at radius 3 is 2.65 bits per heavy atom. The fraction of sp³-hybridized carbons (Fsp3) is 0.619. The Morgan fingerprint density at radius 1 is 1.17 bits per heavy atom. The first-order valence-corrected chi connectivity index (χ1v) is 9.14. The summed E-state index contributed by atoms with van der Waals surface area (Å²) in [6.07, 6.45) is 9.44. The highest BCUT2D eigenvalue weighted by Crippen LogP contribution is 2.68. The predicted molar refractivity (Wildman–Crippen MR) is 92.1 cm³/mol. The molecule has 23 heavy (non-hydrogen) atoms. The normalized spacial score (nSPS) is 41.8. The topological polar surface area (TPSA) is 29.5 Å². The lowest BCUT2D eigenvalue weighted by Crippen LogP contribution is -2.56. The lowest BCUT2D eigenvalue weighted by Gasteiger charge is -2.55. The van der Waals surface area contributed by atoms with E-state index in [0.29, 0.717) is 5.92 Å². The number of benzene rings is 1. The van der Waals surface area contributed by atoms with Crippen molar-refractivity contribution in [1.82, 2.24) is 0 Å². The Bertz CT molecular complexity index is 593. The Kier molecular flexibility index (Phi) is 3.48. The monoisotopic (exact) mass is 312 g/mol. The smallest absolute Gasteiger partial charge is 0.162 e. The lowest BCUT2D eigenvalue weighted by molar-refractivity contribution is -0.169. The van der Waals surface area contributed by atoms with Gasteiger partial charge >= 0.3 is 0 Å². The number of aliphatic hydroxyl groups excluding tert-OH is 1. The molecule has 2 aliphatic carbocycles. The van der Waals surface area contributed by atoms with Gasteiger partial charge in [-0.2, -0.15) is 0 Å². The van der Waals surface area contributed by atoms with Crippen LogP contribution in [-0.4, -0.2) is 17.0 Å². The zero-order valence-corrected chi connectivity index (χ0v) is 14.1. The SMILES string of the molecule is C=C[C@](C)(c1ccccc1)C12CCCC3(CCCCC31)OC2O. The van der Waals surface area contributed by atoms with Crippen LogP contribution in [0.3, 0.4) is 0 Å². The van der Waals surface area contributed by atoms with E-state index in [1.165, 1.54) is 24.8 Å². The third-order valence-corrected chi connectivity index (χ3v) is 7.33. The van der Waals surface area contributed by atoms with Crippen LogP contribution in [0.2, 0.25) is 0 Å². The molecule has 0 radical (unpaired) electrons. The average molecular weight is 312 g/mol. The molecule has 3 fully saturated rings. The molecule has 0 aromatic heterocycles. The van der Waals surface area contributed by atoms with Crippen LogP contribution in [-0.2, 0) is 10.2 Å². The molecule has 3 aliphatic rings. The molecule has 1 aromatic carbocycles. The van der Waals surface area contributed by atoms with Crippen LogP contribution in [0.25, 0.3) is 0 Å². The van der Waals surface area contributed by atoms with Crippen molar-refractivity contribution >= 4 is 0 Å². The van der Waals surface area contributed by atoms with Gasteiger partial charge in [-0.1, -0.05) is 56.2 Å². The van der Waals surface area contributed by atoms with E-state index in [1.807, 2.05) is 0 Å². The third kappa shape index (κ3) is 1.82. The van der Waals surface area contributed by atoms with Crippen LogP contribution < -0.4 is 0 Å². The molecule has 1 saturated heterocycles. The van der Waals surface area contributed by atoms with Crippen LogP contribution >= 0.6 is 0 Å². The van der Waals surface area contributed by atoms with Gasteiger partial charge in [0.2, 0.25) is 0 Å². The maximum Gasteiger partial charge on any atom is 0.162 e. The van der Waals surface area contributed by atoms with Gasteiger partial charge in [0.25, 0.3) is 0 Å². The van der Waals surface area contributed by atoms with Gasteiger partial charge in [0.1, 0.15) is 0 Å². The molecule has 124 valence electrons. The molecule has 0 spiro atoms. The van der Waals surface area contributed by atoms with E-state index in [4.69, 9.17) is 4.74 Å². The predicted octanol–water partition coefficient (Wildman–Crippen LogP) is 4.58. The summed E-state index contributed by atoms with van der Waals surface area (Å²) in [7, 11) is 0. The van der Waals surface area contributed by atoms with Crippen molar-refractivity contribution in [3.63, 3.8) is 0 Å². The summed E-state index contributed by atoms with van der Waals surface area (Å²) in [5.41, 5.74) is 0.655. The van der Waals surface area contributed by atoms with Crippen molar-refractivity contribution in [3.05, 3.63) is 48.6 Å². The largest absolute Gasteiger partial charge is 0.367 e. The number of aliphatic hydroxyl groups is 1. The number of ether oxygens (including phenoxy) is 1. The van der Waals surface area contributed by atoms with Crippen molar-refractivity contribution in [1.29, 1.82) is 0 Å². The number of hydrogen-bond acceptors (Lipinski definition) is 2.